The van der Waals surface area contributed by atoms with Crippen molar-refractivity contribution in [3.05, 3.63) is 0 Å². The molecule has 1 heterocycles. The molecule has 1 aliphatic rings. The van der Waals surface area contributed by atoms with Crippen LogP contribution in [0.25, 0.3) is 0 Å². The van der Waals surface area contributed by atoms with Crippen molar-refractivity contribution in [2.45, 2.75) is 57.3 Å². The van der Waals surface area contributed by atoms with Crippen molar-refractivity contribution >= 4 is 0 Å². The number of terminal acetylenes is 1. The molecule has 1 N–H and O–H groups in total. The van der Waals surface area contributed by atoms with E-state index in [-0.39, 0.29) is 12.2 Å². The quantitative estimate of drug-likeness (QED) is 0.673. The molecule has 0 saturated carbocycles. The van der Waals surface area contributed by atoms with Gasteiger partial charge in [-0.15, -0.1) is 12.3 Å². The van der Waals surface area contributed by atoms with E-state index in [0.29, 0.717) is 18.9 Å². The Kier molecular flexibility index (Phi) is 4.27. The van der Waals surface area contributed by atoms with Crippen molar-refractivity contribution in [1.29, 1.82) is 0 Å². The summed E-state index contributed by atoms with van der Waals surface area (Å²) in [7, 11) is 0. The summed E-state index contributed by atoms with van der Waals surface area (Å²) in [4.78, 5) is 0. The highest BCUT2D eigenvalue weighted by atomic mass is 16.5. The molecular formula is C11H18O2. The molecule has 0 radical (unpaired) electrons. The number of ether oxygens (including phenoxy) is 1. The van der Waals surface area contributed by atoms with Crippen molar-refractivity contribution in [2.24, 2.45) is 0 Å². The topological polar surface area (TPSA) is 29.5 Å². The minimum absolute atomic E-state index is 0.215. The van der Waals surface area contributed by atoms with Gasteiger partial charge in [-0.05, 0) is 26.2 Å². The predicted octanol–water partition coefficient (Wildman–Crippen LogP) is 1.72. The van der Waals surface area contributed by atoms with Gasteiger partial charge in [0.15, 0.2) is 0 Å². The average molecular weight is 182 g/mol. The van der Waals surface area contributed by atoms with Gasteiger partial charge in [0, 0.05) is 12.8 Å². The Morgan fingerprint density at radius 3 is 3.00 bits per heavy atom. The Bertz CT molecular complexity index is 183. The van der Waals surface area contributed by atoms with E-state index >= 15 is 0 Å². The molecule has 1 saturated heterocycles. The standard InChI is InChI=1S/C11H18O2/c1-3-5-10(12)8-11-7-4-6-9(2)13-11/h1,9-12H,4-8H2,2H3/t9-,10-,11-/m1/s1. The van der Waals surface area contributed by atoms with Gasteiger partial charge in [-0.3, -0.25) is 0 Å². The second-order valence-corrected chi connectivity index (χ2v) is 3.80. The Balaban J connectivity index is 2.24. The molecule has 1 rings (SSSR count). The molecule has 0 unspecified atom stereocenters. The molecule has 13 heavy (non-hydrogen) atoms. The summed E-state index contributed by atoms with van der Waals surface area (Å²) in [5.41, 5.74) is 0. The average Bonchev–Trinajstić information content (AvgIpc) is 2.04. The van der Waals surface area contributed by atoms with Gasteiger partial charge in [0.2, 0.25) is 0 Å². The zero-order valence-electron chi connectivity index (χ0n) is 8.20. The van der Waals surface area contributed by atoms with Crippen molar-refractivity contribution in [2.75, 3.05) is 0 Å². The van der Waals surface area contributed by atoms with Gasteiger partial charge in [0.05, 0.1) is 18.3 Å². The second-order valence-electron chi connectivity index (χ2n) is 3.80. The first kappa shape index (κ1) is 10.6. The van der Waals surface area contributed by atoms with Crippen molar-refractivity contribution < 1.29 is 9.84 Å². The maximum absolute atomic E-state index is 9.47. The van der Waals surface area contributed by atoms with Crippen LogP contribution >= 0.6 is 0 Å². The number of aliphatic hydroxyl groups excluding tert-OH is 1. The Hall–Kier alpha value is -0.520. The van der Waals surface area contributed by atoms with E-state index in [9.17, 15) is 5.11 Å². The van der Waals surface area contributed by atoms with Crippen LogP contribution in [0.4, 0.5) is 0 Å². The molecule has 3 atom stereocenters. The predicted molar refractivity (Wildman–Crippen MR) is 52.3 cm³/mol. The highest BCUT2D eigenvalue weighted by Crippen LogP contribution is 2.22. The van der Waals surface area contributed by atoms with E-state index in [2.05, 4.69) is 12.8 Å². The van der Waals surface area contributed by atoms with Gasteiger partial charge in [0.25, 0.3) is 0 Å². The normalized spacial score (nSPS) is 30.8. The third-order valence-corrected chi connectivity index (χ3v) is 2.45. The van der Waals surface area contributed by atoms with E-state index in [0.717, 1.165) is 12.8 Å². The molecule has 0 aliphatic carbocycles. The molecule has 0 amide bonds. The molecule has 0 aromatic rings. The summed E-state index contributed by atoms with van der Waals surface area (Å²) in [5, 5.41) is 9.47. The Morgan fingerprint density at radius 2 is 2.38 bits per heavy atom. The first-order chi connectivity index (χ1) is 6.22. The van der Waals surface area contributed by atoms with E-state index in [4.69, 9.17) is 11.2 Å². The maximum Gasteiger partial charge on any atom is 0.0674 e. The number of hydrogen-bond acceptors (Lipinski definition) is 2. The summed E-state index contributed by atoms with van der Waals surface area (Å²) in [6.45, 7) is 2.08. The molecule has 0 spiro atoms. The lowest BCUT2D eigenvalue weighted by molar-refractivity contribution is -0.0593. The van der Waals surface area contributed by atoms with Crippen LogP contribution in [0, 0.1) is 12.3 Å². The molecule has 2 heteroatoms. The highest BCUT2D eigenvalue weighted by Gasteiger charge is 2.21. The lowest BCUT2D eigenvalue weighted by atomic mass is 9.99. The lowest BCUT2D eigenvalue weighted by Gasteiger charge is -2.28. The number of rotatable bonds is 3. The van der Waals surface area contributed by atoms with Crippen LogP contribution in [0.5, 0.6) is 0 Å². The largest absolute Gasteiger partial charge is 0.392 e. The molecule has 2 nitrogen and oxygen atoms in total. The van der Waals surface area contributed by atoms with E-state index in [1.807, 2.05) is 0 Å². The van der Waals surface area contributed by atoms with Crippen LogP contribution in [-0.4, -0.2) is 23.4 Å². The van der Waals surface area contributed by atoms with Crippen molar-refractivity contribution in [3.63, 3.8) is 0 Å². The van der Waals surface area contributed by atoms with Crippen LogP contribution < -0.4 is 0 Å². The van der Waals surface area contributed by atoms with Crippen LogP contribution in [0.1, 0.15) is 39.0 Å². The van der Waals surface area contributed by atoms with Gasteiger partial charge in [-0.1, -0.05) is 0 Å². The molecule has 1 fully saturated rings. The maximum atomic E-state index is 9.47. The first-order valence-electron chi connectivity index (χ1n) is 4.99. The Labute approximate surface area is 80.3 Å². The second kappa shape index (κ2) is 5.26. The summed E-state index contributed by atoms with van der Waals surface area (Å²) < 4.78 is 5.67. The molecular weight excluding hydrogens is 164 g/mol. The third kappa shape index (κ3) is 3.80. The molecule has 0 bridgehead atoms. The van der Waals surface area contributed by atoms with Crippen LogP contribution in [0.3, 0.4) is 0 Å². The summed E-state index contributed by atoms with van der Waals surface area (Å²) in [6.07, 6.45) is 9.81. The SMILES string of the molecule is C#CC[C@@H](O)C[C@H]1CCC[C@@H](C)O1. The minimum Gasteiger partial charge on any atom is -0.392 e. The van der Waals surface area contributed by atoms with Gasteiger partial charge in [-0.25, -0.2) is 0 Å². The van der Waals surface area contributed by atoms with Crippen molar-refractivity contribution in [3.8, 4) is 12.3 Å². The summed E-state index contributed by atoms with van der Waals surface area (Å²) >= 11 is 0. The first-order valence-corrected chi connectivity index (χ1v) is 4.99. The van der Waals surface area contributed by atoms with Crippen LogP contribution in [0.15, 0.2) is 0 Å². The van der Waals surface area contributed by atoms with Crippen molar-refractivity contribution in [1.82, 2.24) is 0 Å². The number of aliphatic hydroxyl groups is 1. The van der Waals surface area contributed by atoms with Gasteiger partial charge < -0.3 is 9.84 Å². The van der Waals surface area contributed by atoms with Gasteiger partial charge >= 0.3 is 0 Å². The number of hydrogen-bond donors (Lipinski definition) is 1. The monoisotopic (exact) mass is 182 g/mol. The van der Waals surface area contributed by atoms with E-state index < -0.39 is 0 Å². The van der Waals surface area contributed by atoms with Crippen LogP contribution in [0.2, 0.25) is 0 Å². The van der Waals surface area contributed by atoms with Gasteiger partial charge in [-0.2, -0.15) is 0 Å². The fraction of sp³-hybridized carbons (Fsp3) is 0.818. The molecule has 1 aliphatic heterocycles. The highest BCUT2D eigenvalue weighted by molar-refractivity contribution is 4.88. The fourth-order valence-corrected chi connectivity index (χ4v) is 1.79. The molecule has 0 aromatic carbocycles. The summed E-state index contributed by atoms with van der Waals surface area (Å²) in [6, 6.07) is 0. The van der Waals surface area contributed by atoms with E-state index in [1.165, 1.54) is 6.42 Å². The summed E-state index contributed by atoms with van der Waals surface area (Å²) in [5.74, 6) is 2.46. The minimum atomic E-state index is -0.389. The fourth-order valence-electron chi connectivity index (χ4n) is 1.79. The van der Waals surface area contributed by atoms with E-state index in [1.54, 1.807) is 0 Å². The Morgan fingerprint density at radius 1 is 1.62 bits per heavy atom. The van der Waals surface area contributed by atoms with Gasteiger partial charge in [0.1, 0.15) is 0 Å². The van der Waals surface area contributed by atoms with Crippen LogP contribution in [-0.2, 0) is 4.74 Å². The lowest BCUT2D eigenvalue weighted by Crippen LogP contribution is -2.28. The zero-order valence-corrected chi connectivity index (χ0v) is 8.20. The third-order valence-electron chi connectivity index (χ3n) is 2.45. The molecule has 0 aromatic heterocycles. The zero-order chi connectivity index (χ0) is 9.68. The smallest absolute Gasteiger partial charge is 0.0674 e. The molecule has 74 valence electrons.